The molecule has 1 aliphatic heterocycles. The Labute approximate surface area is 138 Å². The van der Waals surface area contributed by atoms with Crippen molar-refractivity contribution in [3.8, 4) is 0 Å². The Hall–Kier alpha value is -0.910. The zero-order valence-corrected chi connectivity index (χ0v) is 14.4. The molecule has 1 aromatic heterocycles. The SMILES string of the molecule is C=CC(=O)N1CCO[C@@H](c2cc(Cl)nc(Br)c2)[C@@H]1C(C)C. The highest BCUT2D eigenvalue weighted by atomic mass is 79.9. The highest BCUT2D eigenvalue weighted by Gasteiger charge is 2.37. The molecule has 0 radical (unpaired) electrons. The van der Waals surface area contributed by atoms with E-state index in [0.29, 0.717) is 22.9 Å². The molecule has 1 amide bonds. The summed E-state index contributed by atoms with van der Waals surface area (Å²) in [5.74, 6) is 0.172. The van der Waals surface area contributed by atoms with E-state index in [4.69, 9.17) is 16.3 Å². The molecule has 6 heteroatoms. The predicted octanol–water partition coefficient (Wildman–Crippen LogP) is 3.61. The van der Waals surface area contributed by atoms with Crippen LogP contribution < -0.4 is 0 Å². The molecule has 1 saturated heterocycles. The van der Waals surface area contributed by atoms with Crippen LogP contribution in [-0.2, 0) is 9.53 Å². The Balaban J connectivity index is 2.39. The summed E-state index contributed by atoms with van der Waals surface area (Å²) in [4.78, 5) is 18.0. The lowest BCUT2D eigenvalue weighted by molar-refractivity contribution is -0.145. The Morgan fingerprint density at radius 2 is 2.33 bits per heavy atom. The first kappa shape index (κ1) is 16.5. The average molecular weight is 374 g/mol. The molecule has 114 valence electrons. The Kier molecular flexibility index (Phi) is 5.41. The van der Waals surface area contributed by atoms with Crippen LogP contribution in [0.15, 0.2) is 29.4 Å². The summed E-state index contributed by atoms with van der Waals surface area (Å²) in [7, 11) is 0. The number of ether oxygens (including phenoxy) is 1. The number of aromatic nitrogens is 1. The monoisotopic (exact) mass is 372 g/mol. The van der Waals surface area contributed by atoms with Gasteiger partial charge in [0, 0.05) is 6.54 Å². The lowest BCUT2D eigenvalue weighted by Gasteiger charge is -2.43. The van der Waals surface area contributed by atoms with Crippen LogP contribution in [0.25, 0.3) is 0 Å². The minimum absolute atomic E-state index is 0.0605. The van der Waals surface area contributed by atoms with Crippen LogP contribution in [0, 0.1) is 5.92 Å². The fourth-order valence-corrected chi connectivity index (χ4v) is 3.49. The van der Waals surface area contributed by atoms with Gasteiger partial charge in [-0.25, -0.2) is 4.98 Å². The van der Waals surface area contributed by atoms with Crippen molar-refractivity contribution in [2.75, 3.05) is 13.2 Å². The van der Waals surface area contributed by atoms with Crippen LogP contribution in [-0.4, -0.2) is 35.0 Å². The number of halogens is 2. The van der Waals surface area contributed by atoms with Gasteiger partial charge in [0.05, 0.1) is 12.6 Å². The lowest BCUT2D eigenvalue weighted by Crippen LogP contribution is -2.52. The molecule has 1 aliphatic rings. The summed E-state index contributed by atoms with van der Waals surface area (Å²) in [5.41, 5.74) is 0.919. The highest BCUT2D eigenvalue weighted by Crippen LogP contribution is 2.34. The van der Waals surface area contributed by atoms with Crippen molar-refractivity contribution in [1.29, 1.82) is 0 Å². The van der Waals surface area contributed by atoms with Crippen molar-refractivity contribution in [2.45, 2.75) is 26.0 Å². The lowest BCUT2D eigenvalue weighted by atomic mass is 9.91. The van der Waals surface area contributed by atoms with Crippen LogP contribution >= 0.6 is 27.5 Å². The van der Waals surface area contributed by atoms with Crippen molar-refractivity contribution in [3.05, 3.63) is 40.1 Å². The van der Waals surface area contributed by atoms with E-state index in [0.717, 1.165) is 5.56 Å². The molecule has 1 fully saturated rings. The van der Waals surface area contributed by atoms with Gasteiger partial charge >= 0.3 is 0 Å². The van der Waals surface area contributed by atoms with Gasteiger partial charge < -0.3 is 9.64 Å². The van der Waals surface area contributed by atoms with Gasteiger partial charge in [-0.2, -0.15) is 0 Å². The molecule has 0 unspecified atom stereocenters. The number of carbonyl (C=O) groups excluding carboxylic acids is 1. The molecule has 4 nitrogen and oxygen atoms in total. The number of hydrogen-bond donors (Lipinski definition) is 0. The summed E-state index contributed by atoms with van der Waals surface area (Å²) in [5, 5.41) is 0.401. The van der Waals surface area contributed by atoms with Gasteiger partial charge in [-0.05, 0) is 45.6 Å². The van der Waals surface area contributed by atoms with E-state index in [2.05, 4.69) is 41.3 Å². The number of pyridine rings is 1. The van der Waals surface area contributed by atoms with Crippen LogP contribution in [0.3, 0.4) is 0 Å². The number of amides is 1. The molecule has 0 N–H and O–H groups in total. The van der Waals surface area contributed by atoms with Crippen LogP contribution in [0.4, 0.5) is 0 Å². The number of rotatable bonds is 3. The maximum absolute atomic E-state index is 12.1. The van der Waals surface area contributed by atoms with E-state index in [-0.39, 0.29) is 24.0 Å². The van der Waals surface area contributed by atoms with Crippen molar-refractivity contribution < 1.29 is 9.53 Å². The van der Waals surface area contributed by atoms with E-state index < -0.39 is 0 Å². The van der Waals surface area contributed by atoms with Gasteiger partial charge in [0.15, 0.2) is 0 Å². The molecule has 2 heterocycles. The molecule has 0 bridgehead atoms. The second kappa shape index (κ2) is 6.90. The smallest absolute Gasteiger partial charge is 0.246 e. The fraction of sp³-hybridized carbons (Fsp3) is 0.467. The Morgan fingerprint density at radius 3 is 2.90 bits per heavy atom. The molecule has 0 aliphatic carbocycles. The molecule has 21 heavy (non-hydrogen) atoms. The standard InChI is InChI=1S/C15H18BrClN2O2/c1-4-13(20)19-5-6-21-15(14(19)9(2)3)10-7-11(16)18-12(17)8-10/h4,7-9,14-15H,1,5-6H2,2-3H3/t14-,15-/m0/s1. The maximum atomic E-state index is 12.1. The second-order valence-electron chi connectivity index (χ2n) is 5.31. The van der Waals surface area contributed by atoms with Crippen molar-refractivity contribution in [3.63, 3.8) is 0 Å². The van der Waals surface area contributed by atoms with E-state index >= 15 is 0 Å². The van der Waals surface area contributed by atoms with E-state index in [1.54, 1.807) is 6.07 Å². The third kappa shape index (κ3) is 3.65. The summed E-state index contributed by atoms with van der Waals surface area (Å²) in [6, 6.07) is 3.61. The Bertz CT molecular complexity index is 530. The van der Waals surface area contributed by atoms with Crippen LogP contribution in [0.2, 0.25) is 5.15 Å². The molecule has 0 aromatic carbocycles. The third-order valence-electron chi connectivity index (χ3n) is 3.55. The highest BCUT2D eigenvalue weighted by molar-refractivity contribution is 9.10. The second-order valence-corrected chi connectivity index (χ2v) is 6.51. The molecule has 0 spiro atoms. The van der Waals surface area contributed by atoms with Crippen LogP contribution in [0.1, 0.15) is 25.5 Å². The molecule has 0 saturated carbocycles. The quantitative estimate of drug-likeness (QED) is 0.600. The third-order valence-corrected chi connectivity index (χ3v) is 4.15. The van der Waals surface area contributed by atoms with Gasteiger partial charge in [0.1, 0.15) is 15.9 Å². The largest absolute Gasteiger partial charge is 0.370 e. The van der Waals surface area contributed by atoms with Gasteiger partial charge in [-0.15, -0.1) is 0 Å². The van der Waals surface area contributed by atoms with E-state index in [1.807, 2.05) is 11.0 Å². The molecule has 1 aromatic rings. The minimum Gasteiger partial charge on any atom is -0.370 e. The van der Waals surface area contributed by atoms with E-state index in [1.165, 1.54) is 6.08 Å². The summed E-state index contributed by atoms with van der Waals surface area (Å²) in [6.07, 6.45) is 1.13. The first-order valence-electron chi connectivity index (χ1n) is 6.81. The van der Waals surface area contributed by atoms with Crippen molar-refractivity contribution in [1.82, 2.24) is 9.88 Å². The summed E-state index contributed by atoms with van der Waals surface area (Å²) < 4.78 is 6.59. The van der Waals surface area contributed by atoms with Gasteiger partial charge in [-0.1, -0.05) is 32.0 Å². The van der Waals surface area contributed by atoms with E-state index in [9.17, 15) is 4.79 Å². The normalized spacial score (nSPS) is 22.4. The molecular formula is C15H18BrClN2O2. The molecular weight excluding hydrogens is 356 g/mol. The van der Waals surface area contributed by atoms with Gasteiger partial charge in [0.2, 0.25) is 5.91 Å². The zero-order chi connectivity index (χ0) is 15.6. The van der Waals surface area contributed by atoms with Crippen molar-refractivity contribution >= 4 is 33.4 Å². The fourth-order valence-electron chi connectivity index (χ4n) is 2.71. The maximum Gasteiger partial charge on any atom is 0.246 e. The number of carbonyl (C=O) groups is 1. The number of nitrogens with zero attached hydrogens (tertiary/aromatic N) is 2. The number of morpholine rings is 1. The topological polar surface area (TPSA) is 42.4 Å². The van der Waals surface area contributed by atoms with Crippen molar-refractivity contribution in [2.24, 2.45) is 5.92 Å². The average Bonchev–Trinajstić information content (AvgIpc) is 2.44. The Morgan fingerprint density at radius 1 is 1.62 bits per heavy atom. The first-order valence-corrected chi connectivity index (χ1v) is 7.98. The zero-order valence-electron chi connectivity index (χ0n) is 12.1. The first-order chi connectivity index (χ1) is 9.93. The summed E-state index contributed by atoms with van der Waals surface area (Å²) in [6.45, 7) is 8.80. The van der Waals surface area contributed by atoms with Gasteiger partial charge in [-0.3, -0.25) is 4.79 Å². The predicted molar refractivity (Wildman–Crippen MR) is 86.2 cm³/mol. The number of hydrogen-bond acceptors (Lipinski definition) is 3. The van der Waals surface area contributed by atoms with Crippen LogP contribution in [0.5, 0.6) is 0 Å². The minimum atomic E-state index is -0.223. The summed E-state index contributed by atoms with van der Waals surface area (Å²) >= 11 is 9.38. The van der Waals surface area contributed by atoms with Gasteiger partial charge in [0.25, 0.3) is 0 Å². The molecule has 2 rings (SSSR count). The molecule has 2 atom stereocenters.